The molecular formula is C13H20O3. The molecule has 3 heteroatoms. The molecule has 0 heterocycles. The third-order valence-corrected chi connectivity index (χ3v) is 2.91. The van der Waals surface area contributed by atoms with E-state index in [1.807, 2.05) is 38.1 Å². The molecule has 1 aromatic carbocycles. The van der Waals surface area contributed by atoms with Crippen LogP contribution in [-0.2, 0) is 0 Å². The minimum Gasteiger partial charge on any atom is -0.497 e. The van der Waals surface area contributed by atoms with Crippen LogP contribution in [0.5, 0.6) is 11.5 Å². The van der Waals surface area contributed by atoms with E-state index >= 15 is 0 Å². The van der Waals surface area contributed by atoms with Gasteiger partial charge in [0.15, 0.2) is 0 Å². The molecule has 0 fully saturated rings. The lowest BCUT2D eigenvalue weighted by Crippen LogP contribution is -2.49. The number of hydrogen-bond donors (Lipinski definition) is 1. The van der Waals surface area contributed by atoms with Gasteiger partial charge in [-0.2, -0.15) is 0 Å². The first-order valence-corrected chi connectivity index (χ1v) is 5.32. The largest absolute Gasteiger partial charge is 0.497 e. The Morgan fingerprint density at radius 3 is 1.75 bits per heavy atom. The van der Waals surface area contributed by atoms with Gasteiger partial charge in [-0.15, -0.1) is 0 Å². The normalized spacial score (nSPS) is 12.4. The van der Waals surface area contributed by atoms with Crippen LogP contribution in [0, 0.1) is 0 Å². The highest BCUT2D eigenvalue weighted by molar-refractivity contribution is 5.31. The summed E-state index contributed by atoms with van der Waals surface area (Å²) in [6, 6.07) is 7.31. The SMILES string of the molecule is COc1ccc(OC(C)(C)C(C)(C)O)cc1. The third kappa shape index (κ3) is 2.89. The van der Waals surface area contributed by atoms with Gasteiger partial charge in [0.2, 0.25) is 0 Å². The lowest BCUT2D eigenvalue weighted by atomic mass is 9.89. The van der Waals surface area contributed by atoms with Crippen molar-refractivity contribution >= 4 is 0 Å². The number of ether oxygens (including phenoxy) is 2. The summed E-state index contributed by atoms with van der Waals surface area (Å²) in [7, 11) is 1.62. The van der Waals surface area contributed by atoms with Crippen molar-refractivity contribution in [3.05, 3.63) is 24.3 Å². The van der Waals surface area contributed by atoms with E-state index in [1.54, 1.807) is 21.0 Å². The quantitative estimate of drug-likeness (QED) is 0.854. The van der Waals surface area contributed by atoms with Gasteiger partial charge in [0.05, 0.1) is 12.7 Å². The number of benzene rings is 1. The lowest BCUT2D eigenvalue weighted by Gasteiger charge is -2.37. The van der Waals surface area contributed by atoms with Crippen molar-refractivity contribution in [2.24, 2.45) is 0 Å². The molecule has 3 nitrogen and oxygen atoms in total. The second kappa shape index (κ2) is 4.34. The standard InChI is InChI=1S/C13H20O3/c1-12(2,14)13(3,4)16-11-8-6-10(15-5)7-9-11/h6-9,14H,1-5H3. The summed E-state index contributed by atoms with van der Waals surface area (Å²) in [6.07, 6.45) is 0. The molecule has 1 rings (SSSR count). The molecule has 0 amide bonds. The molecule has 1 N–H and O–H groups in total. The highest BCUT2D eigenvalue weighted by atomic mass is 16.5. The molecule has 0 aliphatic heterocycles. The third-order valence-electron chi connectivity index (χ3n) is 2.91. The average molecular weight is 224 g/mol. The maximum atomic E-state index is 9.96. The highest BCUT2D eigenvalue weighted by Gasteiger charge is 2.37. The monoisotopic (exact) mass is 224 g/mol. The molecule has 0 aromatic heterocycles. The molecule has 0 bridgehead atoms. The van der Waals surface area contributed by atoms with Crippen molar-refractivity contribution in [2.45, 2.75) is 38.9 Å². The van der Waals surface area contributed by atoms with Crippen LogP contribution in [0.4, 0.5) is 0 Å². The maximum Gasteiger partial charge on any atom is 0.131 e. The van der Waals surface area contributed by atoms with Crippen LogP contribution < -0.4 is 9.47 Å². The summed E-state index contributed by atoms with van der Waals surface area (Å²) in [5, 5.41) is 9.96. The van der Waals surface area contributed by atoms with Crippen molar-refractivity contribution in [2.75, 3.05) is 7.11 Å². The van der Waals surface area contributed by atoms with Crippen LogP contribution in [0.1, 0.15) is 27.7 Å². The van der Waals surface area contributed by atoms with Gasteiger partial charge in [0.25, 0.3) is 0 Å². The van der Waals surface area contributed by atoms with E-state index in [2.05, 4.69) is 0 Å². The Kier molecular flexibility index (Phi) is 3.48. The number of methoxy groups -OCH3 is 1. The van der Waals surface area contributed by atoms with Crippen molar-refractivity contribution < 1.29 is 14.6 Å². The Morgan fingerprint density at radius 1 is 0.938 bits per heavy atom. The summed E-state index contributed by atoms with van der Waals surface area (Å²) in [4.78, 5) is 0. The van der Waals surface area contributed by atoms with Gasteiger partial charge in [0, 0.05) is 0 Å². The molecule has 0 unspecified atom stereocenters. The summed E-state index contributed by atoms with van der Waals surface area (Å²) in [6.45, 7) is 7.18. The fourth-order valence-electron chi connectivity index (χ4n) is 1.06. The predicted octanol–water partition coefficient (Wildman–Crippen LogP) is 2.62. The van der Waals surface area contributed by atoms with E-state index in [9.17, 15) is 5.11 Å². The van der Waals surface area contributed by atoms with Crippen molar-refractivity contribution in [1.82, 2.24) is 0 Å². The first kappa shape index (κ1) is 12.8. The molecular weight excluding hydrogens is 204 g/mol. The zero-order chi connectivity index (χ0) is 12.4. The van der Waals surface area contributed by atoms with Gasteiger partial charge in [-0.3, -0.25) is 0 Å². The Hall–Kier alpha value is -1.22. The van der Waals surface area contributed by atoms with Crippen LogP contribution in [0.2, 0.25) is 0 Å². The van der Waals surface area contributed by atoms with E-state index in [-0.39, 0.29) is 0 Å². The zero-order valence-corrected chi connectivity index (χ0v) is 10.6. The Bertz CT molecular complexity index is 333. The molecule has 0 radical (unpaired) electrons. The van der Waals surface area contributed by atoms with Crippen LogP contribution in [0.3, 0.4) is 0 Å². The van der Waals surface area contributed by atoms with Gasteiger partial charge < -0.3 is 14.6 Å². The minimum absolute atomic E-state index is 0.651. The van der Waals surface area contributed by atoms with Gasteiger partial charge >= 0.3 is 0 Å². The smallest absolute Gasteiger partial charge is 0.131 e. The summed E-state index contributed by atoms with van der Waals surface area (Å²) >= 11 is 0. The molecule has 0 aliphatic carbocycles. The Labute approximate surface area is 97.0 Å². The van der Waals surface area contributed by atoms with Crippen molar-refractivity contribution in [3.8, 4) is 11.5 Å². The average Bonchev–Trinajstić information content (AvgIpc) is 2.16. The second-order valence-electron chi connectivity index (χ2n) is 4.85. The zero-order valence-electron chi connectivity index (χ0n) is 10.6. The fourth-order valence-corrected chi connectivity index (χ4v) is 1.06. The number of rotatable bonds is 4. The van der Waals surface area contributed by atoms with Crippen molar-refractivity contribution in [1.29, 1.82) is 0 Å². The summed E-state index contributed by atoms with van der Waals surface area (Å²) < 4.78 is 10.8. The topological polar surface area (TPSA) is 38.7 Å². The number of aliphatic hydroxyl groups is 1. The molecule has 16 heavy (non-hydrogen) atoms. The van der Waals surface area contributed by atoms with Gasteiger partial charge in [0.1, 0.15) is 17.1 Å². The molecule has 1 aromatic rings. The molecule has 0 spiro atoms. The van der Waals surface area contributed by atoms with Crippen molar-refractivity contribution in [3.63, 3.8) is 0 Å². The predicted molar refractivity (Wildman–Crippen MR) is 64.0 cm³/mol. The molecule has 90 valence electrons. The summed E-state index contributed by atoms with van der Waals surface area (Å²) in [5.74, 6) is 1.50. The van der Waals surface area contributed by atoms with E-state index in [4.69, 9.17) is 9.47 Å². The van der Waals surface area contributed by atoms with Gasteiger partial charge in [-0.25, -0.2) is 0 Å². The number of hydrogen-bond acceptors (Lipinski definition) is 3. The van der Waals surface area contributed by atoms with Gasteiger partial charge in [-0.1, -0.05) is 0 Å². The molecule has 0 atom stereocenters. The molecule has 0 saturated carbocycles. The Morgan fingerprint density at radius 2 is 1.38 bits per heavy atom. The van der Waals surface area contributed by atoms with E-state index in [1.165, 1.54) is 0 Å². The second-order valence-corrected chi connectivity index (χ2v) is 4.85. The Balaban J connectivity index is 2.80. The summed E-state index contributed by atoms with van der Waals surface area (Å²) in [5.41, 5.74) is -1.56. The van der Waals surface area contributed by atoms with Crippen LogP contribution in [-0.4, -0.2) is 23.4 Å². The fraction of sp³-hybridized carbons (Fsp3) is 0.538. The molecule has 0 saturated heterocycles. The van der Waals surface area contributed by atoms with Crippen LogP contribution >= 0.6 is 0 Å². The minimum atomic E-state index is -0.910. The van der Waals surface area contributed by atoms with E-state index in [0.717, 1.165) is 5.75 Å². The molecule has 0 aliphatic rings. The first-order chi connectivity index (χ1) is 7.26. The van der Waals surface area contributed by atoms with Crippen LogP contribution in [0.25, 0.3) is 0 Å². The van der Waals surface area contributed by atoms with E-state index < -0.39 is 11.2 Å². The first-order valence-electron chi connectivity index (χ1n) is 5.32. The maximum absolute atomic E-state index is 9.96. The van der Waals surface area contributed by atoms with Crippen LogP contribution in [0.15, 0.2) is 24.3 Å². The lowest BCUT2D eigenvalue weighted by molar-refractivity contribution is -0.0906. The van der Waals surface area contributed by atoms with Gasteiger partial charge in [-0.05, 0) is 52.0 Å². The highest BCUT2D eigenvalue weighted by Crippen LogP contribution is 2.28. The van der Waals surface area contributed by atoms with E-state index in [0.29, 0.717) is 5.75 Å².